The molecule has 0 spiro atoms. The molecular weight excluding hydrogens is 320 g/mol. The smallest absolute Gasteiger partial charge is 0.337 e. The summed E-state index contributed by atoms with van der Waals surface area (Å²) < 4.78 is 4.70. The maximum atomic E-state index is 11.5. The molecule has 3 N–H and O–H groups in total. The van der Waals surface area contributed by atoms with Crippen LogP contribution in [0.25, 0.3) is 0 Å². The zero-order chi connectivity index (χ0) is 17.8. The highest BCUT2D eigenvalue weighted by Crippen LogP contribution is 2.40. The molecule has 1 atom stereocenters. The molecule has 7 nitrogen and oxygen atoms in total. The number of aliphatic hydroxyl groups excluding tert-OH is 1. The quantitative estimate of drug-likeness (QED) is 0.666. The van der Waals surface area contributed by atoms with Crippen molar-refractivity contribution in [3.05, 3.63) is 41.6 Å². The Morgan fingerprint density at radius 2 is 2.04 bits per heavy atom. The van der Waals surface area contributed by atoms with Crippen molar-refractivity contribution in [2.24, 2.45) is 0 Å². The molecule has 1 aliphatic rings. The Labute approximate surface area is 146 Å². The molecule has 1 heterocycles. The van der Waals surface area contributed by atoms with E-state index in [-0.39, 0.29) is 18.6 Å². The topological polar surface area (TPSA) is 96.4 Å². The highest BCUT2D eigenvalue weighted by atomic mass is 16.5. The Kier molecular flexibility index (Phi) is 5.14. The molecule has 1 aromatic carbocycles. The van der Waals surface area contributed by atoms with E-state index < -0.39 is 0 Å². The van der Waals surface area contributed by atoms with Gasteiger partial charge in [-0.15, -0.1) is 0 Å². The summed E-state index contributed by atoms with van der Waals surface area (Å²) in [6, 6.07) is 8.82. The molecule has 2 aromatic rings. The Morgan fingerprint density at radius 1 is 1.32 bits per heavy atom. The fourth-order valence-corrected chi connectivity index (χ4v) is 2.40. The molecule has 0 unspecified atom stereocenters. The van der Waals surface area contributed by atoms with Gasteiger partial charge in [-0.2, -0.15) is 4.98 Å². The van der Waals surface area contributed by atoms with Crippen molar-refractivity contribution in [2.75, 3.05) is 24.4 Å². The van der Waals surface area contributed by atoms with E-state index in [0.717, 1.165) is 24.2 Å². The lowest BCUT2D eigenvalue weighted by Gasteiger charge is -2.14. The summed E-state index contributed by atoms with van der Waals surface area (Å²) in [7, 11) is 1.36. The van der Waals surface area contributed by atoms with Gasteiger partial charge >= 0.3 is 5.97 Å². The van der Waals surface area contributed by atoms with Crippen molar-refractivity contribution in [1.82, 2.24) is 9.97 Å². The minimum atomic E-state index is -0.367. The molecule has 0 aliphatic heterocycles. The third-order valence-corrected chi connectivity index (χ3v) is 3.97. The van der Waals surface area contributed by atoms with Crippen LogP contribution in [0.15, 0.2) is 30.3 Å². The molecule has 0 saturated heterocycles. The number of rotatable bonds is 7. The van der Waals surface area contributed by atoms with Crippen molar-refractivity contribution >= 4 is 23.4 Å². The third kappa shape index (κ3) is 4.45. The Hall–Kier alpha value is -2.67. The summed E-state index contributed by atoms with van der Waals surface area (Å²) in [5.74, 6) is 1.29. The number of nitrogens with one attached hydrogen (secondary N) is 2. The molecule has 0 amide bonds. The number of carbonyl (C=O) groups is 1. The molecule has 7 heteroatoms. The first kappa shape index (κ1) is 17.2. The van der Waals surface area contributed by atoms with Crippen LogP contribution in [0, 0.1) is 0 Å². The highest BCUT2D eigenvalue weighted by Gasteiger charge is 2.26. The van der Waals surface area contributed by atoms with E-state index in [1.807, 2.05) is 13.0 Å². The Balaban J connectivity index is 1.79. The normalized spacial score (nSPS) is 14.7. The first-order valence-electron chi connectivity index (χ1n) is 8.31. The van der Waals surface area contributed by atoms with Crippen molar-refractivity contribution in [2.45, 2.75) is 31.7 Å². The molecular formula is C18H22N4O3. The van der Waals surface area contributed by atoms with Crippen LogP contribution in [0.2, 0.25) is 0 Å². The number of hydrogen-bond acceptors (Lipinski definition) is 7. The number of anilines is 3. The number of ether oxygens (including phenoxy) is 1. The molecule has 0 radical (unpaired) electrons. The molecule has 1 saturated carbocycles. The molecule has 25 heavy (non-hydrogen) atoms. The van der Waals surface area contributed by atoms with Crippen LogP contribution in [0.5, 0.6) is 0 Å². The molecule has 1 aromatic heterocycles. The zero-order valence-electron chi connectivity index (χ0n) is 14.3. The molecule has 1 aliphatic carbocycles. The van der Waals surface area contributed by atoms with Crippen molar-refractivity contribution < 1.29 is 14.6 Å². The molecule has 132 valence electrons. The van der Waals surface area contributed by atoms with Gasteiger partial charge in [-0.3, -0.25) is 0 Å². The summed E-state index contributed by atoms with van der Waals surface area (Å²) >= 11 is 0. The van der Waals surface area contributed by atoms with Gasteiger partial charge in [0.05, 0.1) is 25.0 Å². The standard InChI is InChI=1S/C18H22N4O3/c1-11(10-23)19-18-21-15(12-3-4-12)9-16(22-18)20-14-7-5-13(6-8-14)17(24)25-2/h5-9,11-12,23H,3-4,10H2,1-2H3,(H2,19,20,21,22)/t11-/m1/s1. The van der Waals surface area contributed by atoms with E-state index in [1.54, 1.807) is 24.3 Å². The number of benzene rings is 1. The van der Waals surface area contributed by atoms with E-state index in [2.05, 4.69) is 20.6 Å². The summed E-state index contributed by atoms with van der Waals surface area (Å²) in [6.07, 6.45) is 2.28. The zero-order valence-corrected chi connectivity index (χ0v) is 14.3. The fraction of sp³-hybridized carbons (Fsp3) is 0.389. The fourth-order valence-electron chi connectivity index (χ4n) is 2.40. The maximum Gasteiger partial charge on any atom is 0.337 e. The summed E-state index contributed by atoms with van der Waals surface area (Å²) in [4.78, 5) is 20.5. The predicted octanol–water partition coefficient (Wildman–Crippen LogP) is 2.68. The van der Waals surface area contributed by atoms with E-state index in [9.17, 15) is 9.90 Å². The number of aliphatic hydroxyl groups is 1. The summed E-state index contributed by atoms with van der Waals surface area (Å²) in [6.45, 7) is 1.88. The van der Waals surface area contributed by atoms with Crippen molar-refractivity contribution in [1.29, 1.82) is 0 Å². The lowest BCUT2D eigenvalue weighted by molar-refractivity contribution is 0.0601. The number of hydrogen-bond donors (Lipinski definition) is 3. The van der Waals surface area contributed by atoms with Gasteiger partial charge in [-0.25, -0.2) is 9.78 Å². The summed E-state index contributed by atoms with van der Waals surface area (Å²) in [5.41, 5.74) is 2.30. The minimum absolute atomic E-state index is 0.00870. The van der Waals surface area contributed by atoms with E-state index in [1.165, 1.54) is 7.11 Å². The molecule has 0 bridgehead atoms. The third-order valence-electron chi connectivity index (χ3n) is 3.97. The minimum Gasteiger partial charge on any atom is -0.465 e. The van der Waals surface area contributed by atoms with Gasteiger partial charge in [0.2, 0.25) is 5.95 Å². The Morgan fingerprint density at radius 3 is 2.64 bits per heavy atom. The number of nitrogens with zero attached hydrogens (tertiary/aromatic N) is 2. The Bertz CT molecular complexity index is 744. The van der Waals surface area contributed by atoms with E-state index >= 15 is 0 Å². The van der Waals surface area contributed by atoms with Crippen LogP contribution < -0.4 is 10.6 Å². The number of methoxy groups -OCH3 is 1. The van der Waals surface area contributed by atoms with Gasteiger partial charge in [0, 0.05) is 23.7 Å². The lowest BCUT2D eigenvalue weighted by atomic mass is 10.2. The van der Waals surface area contributed by atoms with Crippen LogP contribution in [0.3, 0.4) is 0 Å². The predicted molar refractivity (Wildman–Crippen MR) is 95.2 cm³/mol. The van der Waals surface area contributed by atoms with Gasteiger partial charge in [0.25, 0.3) is 0 Å². The van der Waals surface area contributed by atoms with Crippen LogP contribution in [-0.4, -0.2) is 40.8 Å². The van der Waals surface area contributed by atoms with Gasteiger partial charge in [-0.1, -0.05) is 0 Å². The number of aromatic nitrogens is 2. The summed E-state index contributed by atoms with van der Waals surface area (Å²) in [5, 5.41) is 15.5. The largest absolute Gasteiger partial charge is 0.465 e. The first-order valence-corrected chi connectivity index (χ1v) is 8.31. The highest BCUT2D eigenvalue weighted by molar-refractivity contribution is 5.89. The SMILES string of the molecule is COC(=O)c1ccc(Nc2cc(C3CC3)nc(N[C@H](C)CO)n2)cc1. The average Bonchev–Trinajstić information content (AvgIpc) is 3.46. The van der Waals surface area contributed by atoms with Gasteiger partial charge < -0.3 is 20.5 Å². The van der Waals surface area contributed by atoms with E-state index in [0.29, 0.717) is 23.2 Å². The van der Waals surface area contributed by atoms with Crippen molar-refractivity contribution in [3.8, 4) is 0 Å². The lowest BCUT2D eigenvalue weighted by Crippen LogP contribution is -2.21. The maximum absolute atomic E-state index is 11.5. The van der Waals surface area contributed by atoms with Crippen LogP contribution in [0.1, 0.15) is 41.7 Å². The average molecular weight is 342 g/mol. The van der Waals surface area contributed by atoms with Crippen molar-refractivity contribution in [3.63, 3.8) is 0 Å². The van der Waals surface area contributed by atoms with Crippen LogP contribution in [0.4, 0.5) is 17.5 Å². The second-order valence-corrected chi connectivity index (χ2v) is 6.20. The monoisotopic (exact) mass is 342 g/mol. The van der Waals surface area contributed by atoms with Crippen LogP contribution >= 0.6 is 0 Å². The number of carbonyl (C=O) groups excluding carboxylic acids is 1. The molecule has 3 rings (SSSR count). The van der Waals surface area contributed by atoms with Gasteiger partial charge in [-0.05, 0) is 44.0 Å². The first-order chi connectivity index (χ1) is 12.1. The van der Waals surface area contributed by atoms with Crippen LogP contribution in [-0.2, 0) is 4.74 Å². The van der Waals surface area contributed by atoms with Gasteiger partial charge in [0.15, 0.2) is 0 Å². The molecule has 1 fully saturated rings. The van der Waals surface area contributed by atoms with E-state index in [4.69, 9.17) is 4.74 Å². The van der Waals surface area contributed by atoms with Gasteiger partial charge in [0.1, 0.15) is 5.82 Å². The number of esters is 1. The second kappa shape index (κ2) is 7.48. The second-order valence-electron chi connectivity index (χ2n) is 6.20.